The Hall–Kier alpha value is -3.20. The quantitative estimate of drug-likeness (QED) is 0.554. The lowest BCUT2D eigenvalue weighted by Crippen LogP contribution is -2.25. The van der Waals surface area contributed by atoms with Crippen molar-refractivity contribution < 1.29 is 14.0 Å². The number of nitrogens with zero attached hydrogens (tertiary/aromatic N) is 3. The summed E-state index contributed by atoms with van der Waals surface area (Å²) in [4.78, 5) is 24.3. The molecule has 1 aromatic heterocycles. The van der Waals surface area contributed by atoms with Crippen LogP contribution in [0.3, 0.4) is 0 Å². The second kappa shape index (κ2) is 9.83. The smallest absolute Gasteiger partial charge is 0.251 e. The lowest BCUT2D eigenvalue weighted by atomic mass is 10.1. The first-order valence-corrected chi connectivity index (χ1v) is 9.90. The molecular formula is C20H20FN5O2S. The number of aryl methyl sites for hydroxylation is 1. The molecule has 0 unspecified atom stereocenters. The summed E-state index contributed by atoms with van der Waals surface area (Å²) in [7, 11) is 1.81. The Kier molecular flexibility index (Phi) is 6.96. The maximum Gasteiger partial charge on any atom is 0.251 e. The number of carbonyl (C=O) groups is 2. The van der Waals surface area contributed by atoms with Gasteiger partial charge in [-0.25, -0.2) is 4.39 Å². The van der Waals surface area contributed by atoms with Crippen molar-refractivity contribution in [2.45, 2.75) is 11.6 Å². The molecule has 0 fully saturated rings. The molecule has 1 heterocycles. The van der Waals surface area contributed by atoms with Crippen molar-refractivity contribution in [3.05, 3.63) is 71.8 Å². The topological polar surface area (TPSA) is 88.9 Å². The number of hydrogen-bond acceptors (Lipinski definition) is 5. The van der Waals surface area contributed by atoms with Crippen molar-refractivity contribution in [1.29, 1.82) is 0 Å². The van der Waals surface area contributed by atoms with Gasteiger partial charge in [-0.1, -0.05) is 30.0 Å². The minimum atomic E-state index is -0.279. The molecular weight excluding hydrogens is 393 g/mol. The van der Waals surface area contributed by atoms with E-state index in [1.165, 1.54) is 17.8 Å². The number of thioether (sulfide) groups is 1. The van der Waals surface area contributed by atoms with E-state index in [0.29, 0.717) is 34.9 Å². The molecule has 2 aromatic carbocycles. The summed E-state index contributed by atoms with van der Waals surface area (Å²) in [6.45, 7) is 0.331. The molecule has 0 radical (unpaired) electrons. The van der Waals surface area contributed by atoms with Crippen LogP contribution in [0, 0.1) is 5.82 Å². The summed E-state index contributed by atoms with van der Waals surface area (Å²) in [5, 5.41) is 13.9. The number of carbonyl (C=O) groups excluding carboxylic acids is 2. The van der Waals surface area contributed by atoms with Gasteiger partial charge in [-0.2, -0.15) is 0 Å². The van der Waals surface area contributed by atoms with E-state index in [2.05, 4.69) is 20.8 Å². The Morgan fingerprint density at radius 1 is 1.14 bits per heavy atom. The Balaban J connectivity index is 1.45. The summed E-state index contributed by atoms with van der Waals surface area (Å²) < 4.78 is 15.3. The Morgan fingerprint density at radius 2 is 1.90 bits per heavy atom. The van der Waals surface area contributed by atoms with E-state index in [1.807, 2.05) is 0 Å². The third-order valence-corrected chi connectivity index (χ3v) is 5.11. The molecule has 2 amide bonds. The molecule has 29 heavy (non-hydrogen) atoms. The standard InChI is InChI=1S/C20H20FN5O2S/c1-26-13-23-25-20(26)29-12-18(27)24-16-8-6-15(7-9-16)19(28)22-11-10-14-4-2-3-5-17(14)21/h2-9,13H,10-12H2,1H3,(H,22,28)(H,24,27). The zero-order valence-electron chi connectivity index (χ0n) is 15.8. The van der Waals surface area contributed by atoms with Gasteiger partial charge in [0.2, 0.25) is 5.91 Å². The molecule has 3 aromatic rings. The largest absolute Gasteiger partial charge is 0.352 e. The van der Waals surface area contributed by atoms with Crippen molar-refractivity contribution in [2.24, 2.45) is 7.05 Å². The first-order chi connectivity index (χ1) is 14.0. The molecule has 3 rings (SSSR count). The fourth-order valence-electron chi connectivity index (χ4n) is 2.55. The predicted molar refractivity (Wildman–Crippen MR) is 109 cm³/mol. The highest BCUT2D eigenvalue weighted by molar-refractivity contribution is 7.99. The molecule has 0 saturated carbocycles. The van der Waals surface area contributed by atoms with Crippen molar-refractivity contribution >= 4 is 29.3 Å². The Morgan fingerprint density at radius 3 is 2.59 bits per heavy atom. The number of halogens is 1. The Labute approximate surface area is 171 Å². The minimum absolute atomic E-state index is 0.180. The summed E-state index contributed by atoms with van der Waals surface area (Å²) in [6, 6.07) is 13.1. The zero-order valence-corrected chi connectivity index (χ0v) is 16.6. The van der Waals surface area contributed by atoms with Crippen molar-refractivity contribution in [3.8, 4) is 0 Å². The molecule has 0 spiro atoms. The fourth-order valence-corrected chi connectivity index (χ4v) is 3.24. The van der Waals surface area contributed by atoms with Crippen LogP contribution in [-0.4, -0.2) is 38.9 Å². The number of benzene rings is 2. The van der Waals surface area contributed by atoms with Gasteiger partial charge in [0.25, 0.3) is 5.91 Å². The van der Waals surface area contributed by atoms with Gasteiger partial charge in [-0.3, -0.25) is 9.59 Å². The molecule has 150 valence electrons. The van der Waals surface area contributed by atoms with Gasteiger partial charge in [-0.15, -0.1) is 10.2 Å². The van der Waals surface area contributed by atoms with Gasteiger partial charge in [0, 0.05) is 24.8 Å². The number of anilines is 1. The summed E-state index contributed by atoms with van der Waals surface area (Å²) in [6.07, 6.45) is 1.98. The molecule has 7 nitrogen and oxygen atoms in total. The van der Waals surface area contributed by atoms with Crippen molar-refractivity contribution in [1.82, 2.24) is 20.1 Å². The van der Waals surface area contributed by atoms with Gasteiger partial charge in [0.1, 0.15) is 12.1 Å². The molecule has 0 aliphatic carbocycles. The third kappa shape index (κ3) is 5.89. The van der Waals surface area contributed by atoms with Crippen LogP contribution in [0.4, 0.5) is 10.1 Å². The lowest BCUT2D eigenvalue weighted by molar-refractivity contribution is -0.113. The average Bonchev–Trinajstić information content (AvgIpc) is 3.13. The monoisotopic (exact) mass is 413 g/mol. The van der Waals surface area contributed by atoms with Crippen LogP contribution in [0.5, 0.6) is 0 Å². The van der Waals surface area contributed by atoms with Crippen molar-refractivity contribution in [2.75, 3.05) is 17.6 Å². The van der Waals surface area contributed by atoms with E-state index in [9.17, 15) is 14.0 Å². The van der Waals surface area contributed by atoms with E-state index >= 15 is 0 Å². The molecule has 0 saturated heterocycles. The molecule has 2 N–H and O–H groups in total. The van der Waals surface area contributed by atoms with Crippen LogP contribution in [-0.2, 0) is 18.3 Å². The zero-order chi connectivity index (χ0) is 20.6. The number of amides is 2. The van der Waals surface area contributed by atoms with Crippen molar-refractivity contribution in [3.63, 3.8) is 0 Å². The minimum Gasteiger partial charge on any atom is -0.352 e. The van der Waals surface area contributed by atoms with Crippen LogP contribution in [0.2, 0.25) is 0 Å². The SMILES string of the molecule is Cn1cnnc1SCC(=O)Nc1ccc(C(=O)NCCc2ccccc2F)cc1. The normalized spacial score (nSPS) is 10.6. The second-order valence-corrected chi connectivity index (χ2v) is 7.18. The predicted octanol–water partition coefficient (Wildman–Crippen LogP) is 2.66. The van der Waals surface area contributed by atoms with Crippen LogP contribution in [0.25, 0.3) is 0 Å². The highest BCUT2D eigenvalue weighted by Crippen LogP contribution is 2.15. The molecule has 0 atom stereocenters. The Bertz CT molecular complexity index is 991. The summed E-state index contributed by atoms with van der Waals surface area (Å²) in [5.74, 6) is -0.513. The molecule has 0 aliphatic rings. The fraction of sp³-hybridized carbons (Fsp3) is 0.200. The van der Waals surface area contributed by atoms with Gasteiger partial charge >= 0.3 is 0 Å². The highest BCUT2D eigenvalue weighted by Gasteiger charge is 2.09. The van der Waals surface area contributed by atoms with E-state index in [-0.39, 0.29) is 23.4 Å². The van der Waals surface area contributed by atoms with Crippen LogP contribution >= 0.6 is 11.8 Å². The lowest BCUT2D eigenvalue weighted by Gasteiger charge is -2.08. The van der Waals surface area contributed by atoms with E-state index in [1.54, 1.807) is 60.4 Å². The molecule has 0 bridgehead atoms. The van der Waals surface area contributed by atoms with Gasteiger partial charge in [-0.05, 0) is 42.3 Å². The molecule has 9 heteroatoms. The van der Waals surface area contributed by atoms with Gasteiger partial charge in [0.15, 0.2) is 5.16 Å². The van der Waals surface area contributed by atoms with Crippen LogP contribution in [0.1, 0.15) is 15.9 Å². The first-order valence-electron chi connectivity index (χ1n) is 8.91. The summed E-state index contributed by atoms with van der Waals surface area (Å²) in [5.41, 5.74) is 1.62. The maximum absolute atomic E-state index is 13.6. The van der Waals surface area contributed by atoms with Gasteiger partial charge in [0.05, 0.1) is 5.75 Å². The average molecular weight is 413 g/mol. The van der Waals surface area contributed by atoms with Crippen LogP contribution in [0.15, 0.2) is 60.0 Å². The van der Waals surface area contributed by atoms with Crippen LogP contribution < -0.4 is 10.6 Å². The number of nitrogens with one attached hydrogen (secondary N) is 2. The highest BCUT2D eigenvalue weighted by atomic mass is 32.2. The number of aromatic nitrogens is 3. The van der Waals surface area contributed by atoms with E-state index in [0.717, 1.165) is 0 Å². The molecule has 0 aliphatic heterocycles. The number of rotatable bonds is 8. The first kappa shape index (κ1) is 20.5. The maximum atomic E-state index is 13.6. The van der Waals surface area contributed by atoms with Gasteiger partial charge < -0.3 is 15.2 Å². The van der Waals surface area contributed by atoms with E-state index in [4.69, 9.17) is 0 Å². The second-order valence-electron chi connectivity index (χ2n) is 6.24. The summed E-state index contributed by atoms with van der Waals surface area (Å²) >= 11 is 1.28. The number of hydrogen-bond donors (Lipinski definition) is 2. The third-order valence-electron chi connectivity index (χ3n) is 4.07. The van der Waals surface area contributed by atoms with E-state index < -0.39 is 0 Å².